The van der Waals surface area contributed by atoms with Gasteiger partial charge in [-0.25, -0.2) is 0 Å². The van der Waals surface area contributed by atoms with E-state index in [2.05, 4.69) is 22.9 Å². The lowest BCUT2D eigenvalue weighted by Gasteiger charge is -2.32. The van der Waals surface area contributed by atoms with Crippen LogP contribution in [0.25, 0.3) is 10.9 Å². The van der Waals surface area contributed by atoms with Crippen molar-refractivity contribution in [2.45, 2.75) is 32.0 Å². The van der Waals surface area contributed by atoms with Crippen LogP contribution in [0.1, 0.15) is 37.1 Å². The highest BCUT2D eigenvalue weighted by Crippen LogP contribution is 2.32. The SMILES string of the molecule is CC1CCCN1C(Oc1ccc2cccnc2c1)c1ccc(C#N)cc1. The molecule has 4 heteroatoms. The van der Waals surface area contributed by atoms with Crippen LogP contribution < -0.4 is 4.74 Å². The highest BCUT2D eigenvalue weighted by molar-refractivity contribution is 5.79. The van der Waals surface area contributed by atoms with Crippen molar-refractivity contribution in [3.8, 4) is 11.8 Å². The zero-order valence-corrected chi connectivity index (χ0v) is 14.8. The van der Waals surface area contributed by atoms with Crippen molar-refractivity contribution < 1.29 is 4.74 Å². The molecule has 0 bridgehead atoms. The first kappa shape index (κ1) is 16.6. The van der Waals surface area contributed by atoms with Crippen molar-refractivity contribution in [1.82, 2.24) is 9.88 Å². The summed E-state index contributed by atoms with van der Waals surface area (Å²) in [6, 6.07) is 20.4. The molecule has 2 aromatic carbocycles. The van der Waals surface area contributed by atoms with E-state index in [9.17, 15) is 0 Å². The Kier molecular flexibility index (Phi) is 4.55. The van der Waals surface area contributed by atoms with Gasteiger partial charge in [-0.3, -0.25) is 9.88 Å². The molecule has 2 atom stereocenters. The van der Waals surface area contributed by atoms with Gasteiger partial charge in [0.05, 0.1) is 17.1 Å². The fourth-order valence-electron chi connectivity index (χ4n) is 3.60. The standard InChI is InChI=1S/C22H21N3O/c1-16-4-3-13-25(16)22(19-8-6-17(15-23)7-9-19)26-20-11-10-18-5-2-12-24-21(18)14-20/h2,5-12,14,16,22H,3-4,13H2,1H3. The molecule has 1 fully saturated rings. The van der Waals surface area contributed by atoms with Gasteiger partial charge in [0.15, 0.2) is 6.23 Å². The minimum Gasteiger partial charge on any atom is -0.471 e. The maximum atomic E-state index is 9.06. The summed E-state index contributed by atoms with van der Waals surface area (Å²) in [5.74, 6) is 0.810. The lowest BCUT2D eigenvalue weighted by atomic mass is 10.1. The number of rotatable bonds is 4. The van der Waals surface area contributed by atoms with Gasteiger partial charge in [0.25, 0.3) is 0 Å². The van der Waals surface area contributed by atoms with Crippen LogP contribution in [0.15, 0.2) is 60.8 Å². The lowest BCUT2D eigenvalue weighted by Crippen LogP contribution is -2.35. The third-order valence-electron chi connectivity index (χ3n) is 5.06. The number of ether oxygens (including phenoxy) is 1. The first-order valence-corrected chi connectivity index (χ1v) is 9.02. The molecule has 4 nitrogen and oxygen atoms in total. The largest absolute Gasteiger partial charge is 0.471 e. The molecule has 1 aliphatic heterocycles. The van der Waals surface area contributed by atoms with Crippen molar-refractivity contribution in [1.29, 1.82) is 5.26 Å². The number of fused-ring (bicyclic) bond motifs is 1. The third-order valence-corrected chi connectivity index (χ3v) is 5.06. The molecule has 2 unspecified atom stereocenters. The molecule has 0 N–H and O–H groups in total. The number of benzene rings is 2. The summed E-state index contributed by atoms with van der Waals surface area (Å²) in [5, 5.41) is 10.2. The Morgan fingerprint density at radius 1 is 1.19 bits per heavy atom. The second-order valence-electron chi connectivity index (χ2n) is 6.79. The minimum absolute atomic E-state index is 0.165. The molecule has 3 aromatic rings. The van der Waals surface area contributed by atoms with Crippen LogP contribution >= 0.6 is 0 Å². The van der Waals surface area contributed by atoms with Crippen LogP contribution in [0.2, 0.25) is 0 Å². The summed E-state index contributed by atoms with van der Waals surface area (Å²) in [5.41, 5.74) is 2.66. The van der Waals surface area contributed by atoms with E-state index < -0.39 is 0 Å². The van der Waals surface area contributed by atoms with Crippen molar-refractivity contribution >= 4 is 10.9 Å². The molecule has 0 saturated carbocycles. The van der Waals surface area contributed by atoms with Crippen molar-refractivity contribution in [2.75, 3.05) is 6.54 Å². The van der Waals surface area contributed by atoms with Crippen LogP contribution in [0.4, 0.5) is 0 Å². The second-order valence-corrected chi connectivity index (χ2v) is 6.79. The molecule has 0 amide bonds. The molecule has 1 saturated heterocycles. The van der Waals surface area contributed by atoms with Gasteiger partial charge in [-0.05, 0) is 50.1 Å². The van der Waals surface area contributed by atoms with Crippen LogP contribution in [0, 0.1) is 11.3 Å². The van der Waals surface area contributed by atoms with Gasteiger partial charge in [0.2, 0.25) is 0 Å². The van der Waals surface area contributed by atoms with E-state index in [1.54, 1.807) is 6.20 Å². The Morgan fingerprint density at radius 2 is 2.04 bits per heavy atom. The van der Waals surface area contributed by atoms with Gasteiger partial charge in [0, 0.05) is 35.8 Å². The van der Waals surface area contributed by atoms with E-state index >= 15 is 0 Å². The van der Waals surface area contributed by atoms with Crippen LogP contribution in [0.3, 0.4) is 0 Å². The predicted octanol–water partition coefficient (Wildman–Crippen LogP) is 4.67. The van der Waals surface area contributed by atoms with Gasteiger partial charge in [0.1, 0.15) is 5.75 Å². The topological polar surface area (TPSA) is 49.1 Å². The second kappa shape index (κ2) is 7.15. The maximum absolute atomic E-state index is 9.06. The van der Waals surface area contributed by atoms with E-state index in [4.69, 9.17) is 10.00 Å². The molecular weight excluding hydrogens is 322 g/mol. The number of likely N-dealkylation sites (tertiary alicyclic amines) is 1. The van der Waals surface area contributed by atoms with Crippen molar-refractivity contribution in [3.63, 3.8) is 0 Å². The van der Waals surface area contributed by atoms with E-state index in [0.717, 1.165) is 28.8 Å². The summed E-state index contributed by atoms with van der Waals surface area (Å²) in [6.45, 7) is 3.26. The molecule has 0 aliphatic carbocycles. The zero-order valence-electron chi connectivity index (χ0n) is 14.8. The van der Waals surface area contributed by atoms with Gasteiger partial charge in [-0.15, -0.1) is 0 Å². The molecule has 130 valence electrons. The summed E-state index contributed by atoms with van der Waals surface area (Å²) in [7, 11) is 0. The predicted molar refractivity (Wildman–Crippen MR) is 102 cm³/mol. The lowest BCUT2D eigenvalue weighted by molar-refractivity contribution is 0.0187. The molecule has 0 spiro atoms. The monoisotopic (exact) mass is 343 g/mol. The number of pyridine rings is 1. The number of hydrogen-bond donors (Lipinski definition) is 0. The van der Waals surface area contributed by atoms with Crippen LogP contribution in [-0.2, 0) is 0 Å². The maximum Gasteiger partial charge on any atom is 0.179 e. The number of nitrogens with zero attached hydrogens (tertiary/aromatic N) is 3. The van der Waals surface area contributed by atoms with E-state index in [1.165, 1.54) is 12.8 Å². The fraction of sp³-hybridized carbons (Fsp3) is 0.273. The number of aromatic nitrogens is 1. The van der Waals surface area contributed by atoms with Gasteiger partial charge in [-0.2, -0.15) is 5.26 Å². The molecular formula is C22H21N3O. The van der Waals surface area contributed by atoms with E-state index in [-0.39, 0.29) is 6.23 Å². The van der Waals surface area contributed by atoms with Crippen LogP contribution in [-0.4, -0.2) is 22.5 Å². The van der Waals surface area contributed by atoms with Crippen molar-refractivity contribution in [3.05, 3.63) is 71.9 Å². The van der Waals surface area contributed by atoms with Gasteiger partial charge >= 0.3 is 0 Å². The molecule has 26 heavy (non-hydrogen) atoms. The molecule has 1 aromatic heterocycles. The Morgan fingerprint density at radius 3 is 2.77 bits per heavy atom. The number of nitriles is 1. The minimum atomic E-state index is -0.165. The zero-order chi connectivity index (χ0) is 17.9. The number of hydrogen-bond acceptors (Lipinski definition) is 4. The summed E-state index contributed by atoms with van der Waals surface area (Å²) >= 11 is 0. The summed E-state index contributed by atoms with van der Waals surface area (Å²) < 4.78 is 6.44. The Balaban J connectivity index is 1.68. The molecule has 0 radical (unpaired) electrons. The Bertz CT molecular complexity index is 946. The highest BCUT2D eigenvalue weighted by atomic mass is 16.5. The molecule has 1 aliphatic rings. The smallest absolute Gasteiger partial charge is 0.179 e. The van der Waals surface area contributed by atoms with Crippen molar-refractivity contribution in [2.24, 2.45) is 0 Å². The normalized spacial score (nSPS) is 18.5. The summed E-state index contributed by atoms with van der Waals surface area (Å²) in [4.78, 5) is 6.82. The van der Waals surface area contributed by atoms with E-state index in [1.807, 2.05) is 54.6 Å². The average molecular weight is 343 g/mol. The van der Waals surface area contributed by atoms with Gasteiger partial charge < -0.3 is 4.74 Å². The fourth-order valence-corrected chi connectivity index (χ4v) is 3.60. The Hall–Kier alpha value is -2.90. The first-order chi connectivity index (χ1) is 12.7. The average Bonchev–Trinajstić information content (AvgIpc) is 3.12. The third kappa shape index (κ3) is 3.26. The van der Waals surface area contributed by atoms with Crippen LogP contribution in [0.5, 0.6) is 5.75 Å². The quantitative estimate of drug-likeness (QED) is 0.691. The van der Waals surface area contributed by atoms with E-state index in [0.29, 0.717) is 11.6 Å². The summed E-state index contributed by atoms with van der Waals surface area (Å²) in [6.07, 6.45) is 3.99. The molecule has 2 heterocycles. The first-order valence-electron chi connectivity index (χ1n) is 9.02. The highest BCUT2D eigenvalue weighted by Gasteiger charge is 2.30. The van der Waals surface area contributed by atoms with Gasteiger partial charge in [-0.1, -0.05) is 18.2 Å². The Labute approximate surface area is 153 Å². The molecule has 4 rings (SSSR count).